The zero-order chi connectivity index (χ0) is 27.6. The highest BCUT2D eigenvalue weighted by atomic mass is 127. The van der Waals surface area contributed by atoms with Gasteiger partial charge in [-0.2, -0.15) is 31.4 Å². The van der Waals surface area contributed by atoms with Crippen LogP contribution in [0.1, 0.15) is 67.1 Å². The van der Waals surface area contributed by atoms with Gasteiger partial charge in [-0.05, 0) is 37.3 Å². The van der Waals surface area contributed by atoms with Crippen molar-refractivity contribution in [2.75, 3.05) is 4.43 Å². The smallest absolute Gasteiger partial charge is 0.416 e. The standard InChI is InChI=1S/C24H26F6IN3O3/c1-2-21(10-11-31,15-6-5-7-16(12-15)23(25,26)27)14-34-13-17(35)19(36)18(33-34)20(37)32-22(24(28,29)30)8-3-4-9-22/h5-7,12-13,35H,2-4,8-11,14H2,1H3,(H,32,37). The summed E-state index contributed by atoms with van der Waals surface area (Å²) in [5.74, 6) is -2.28. The molecule has 0 saturated heterocycles. The summed E-state index contributed by atoms with van der Waals surface area (Å²) in [7, 11) is 0. The lowest BCUT2D eigenvalue weighted by molar-refractivity contribution is -0.191. The van der Waals surface area contributed by atoms with Gasteiger partial charge in [-0.25, -0.2) is 0 Å². The van der Waals surface area contributed by atoms with E-state index in [1.807, 2.05) is 5.32 Å². The Kier molecular flexibility index (Phi) is 8.54. The molecule has 1 unspecified atom stereocenters. The maximum absolute atomic E-state index is 13.8. The van der Waals surface area contributed by atoms with E-state index in [4.69, 9.17) is 0 Å². The van der Waals surface area contributed by atoms with Crippen molar-refractivity contribution in [1.29, 1.82) is 0 Å². The second-order valence-corrected chi connectivity index (χ2v) is 10.4. The number of amides is 1. The molecule has 1 aliphatic rings. The van der Waals surface area contributed by atoms with Crippen LogP contribution in [-0.4, -0.2) is 36.9 Å². The molecular weight excluding hydrogens is 619 g/mol. The minimum atomic E-state index is -4.75. The van der Waals surface area contributed by atoms with Gasteiger partial charge in [-0.15, -0.1) is 0 Å². The fourth-order valence-corrected chi connectivity index (χ4v) is 5.84. The zero-order valence-corrected chi connectivity index (χ0v) is 22.0. The normalized spacial score (nSPS) is 17.4. The first-order valence-electron chi connectivity index (χ1n) is 11.6. The highest BCUT2D eigenvalue weighted by Gasteiger charge is 2.57. The lowest BCUT2D eigenvalue weighted by Gasteiger charge is -2.34. The number of benzene rings is 1. The predicted octanol–water partition coefficient (Wildman–Crippen LogP) is 5.75. The highest BCUT2D eigenvalue weighted by molar-refractivity contribution is 14.1. The van der Waals surface area contributed by atoms with Crippen LogP contribution < -0.4 is 10.7 Å². The van der Waals surface area contributed by atoms with E-state index in [1.165, 1.54) is 12.1 Å². The first-order chi connectivity index (χ1) is 17.2. The van der Waals surface area contributed by atoms with Crippen molar-refractivity contribution in [3.05, 3.63) is 57.5 Å². The molecule has 0 bridgehead atoms. The molecule has 204 valence electrons. The molecule has 3 rings (SSSR count). The highest BCUT2D eigenvalue weighted by Crippen LogP contribution is 2.43. The number of nitrogens with one attached hydrogen (secondary N) is 1. The number of aromatic nitrogens is 2. The van der Waals surface area contributed by atoms with Gasteiger partial charge in [-0.3, -0.25) is 14.3 Å². The van der Waals surface area contributed by atoms with Crippen LogP contribution in [0, 0.1) is 0 Å². The summed E-state index contributed by atoms with van der Waals surface area (Å²) < 4.78 is 83.0. The van der Waals surface area contributed by atoms with E-state index in [9.17, 15) is 41.0 Å². The number of halogens is 7. The van der Waals surface area contributed by atoms with Crippen LogP contribution >= 0.6 is 22.6 Å². The fourth-order valence-electron chi connectivity index (χ4n) is 4.81. The van der Waals surface area contributed by atoms with Crippen LogP contribution in [0.2, 0.25) is 0 Å². The summed E-state index contributed by atoms with van der Waals surface area (Å²) in [4.78, 5) is 25.3. The fraction of sp³-hybridized carbons (Fsp3) is 0.542. The van der Waals surface area contributed by atoms with Crippen LogP contribution in [0.4, 0.5) is 26.3 Å². The third kappa shape index (κ3) is 6.06. The Hall–Kier alpha value is -2.32. The summed E-state index contributed by atoms with van der Waals surface area (Å²) in [6.45, 7) is 1.63. The monoisotopic (exact) mass is 645 g/mol. The minimum absolute atomic E-state index is 0.133. The maximum Gasteiger partial charge on any atom is 0.416 e. The Balaban J connectivity index is 2.03. The molecule has 0 radical (unpaired) electrons. The molecule has 6 nitrogen and oxygen atoms in total. The van der Waals surface area contributed by atoms with E-state index >= 15 is 0 Å². The number of aromatic hydroxyl groups is 1. The van der Waals surface area contributed by atoms with Gasteiger partial charge in [0.1, 0.15) is 5.54 Å². The molecule has 1 amide bonds. The number of hydrogen-bond acceptors (Lipinski definition) is 4. The second kappa shape index (κ2) is 10.8. The molecule has 1 aliphatic carbocycles. The van der Waals surface area contributed by atoms with Crippen LogP contribution in [0.3, 0.4) is 0 Å². The van der Waals surface area contributed by atoms with Gasteiger partial charge in [-0.1, -0.05) is 60.6 Å². The van der Waals surface area contributed by atoms with Crippen molar-refractivity contribution in [3.8, 4) is 5.75 Å². The quantitative estimate of drug-likeness (QED) is 0.218. The van der Waals surface area contributed by atoms with Gasteiger partial charge in [0.15, 0.2) is 11.4 Å². The van der Waals surface area contributed by atoms with E-state index in [0.717, 1.165) is 23.0 Å². The predicted molar refractivity (Wildman–Crippen MR) is 132 cm³/mol. The van der Waals surface area contributed by atoms with Gasteiger partial charge in [0, 0.05) is 9.84 Å². The number of alkyl halides is 7. The lowest BCUT2D eigenvalue weighted by atomic mass is 9.75. The molecule has 1 saturated carbocycles. The third-order valence-corrected chi connectivity index (χ3v) is 7.57. The van der Waals surface area contributed by atoms with Crippen LogP contribution in [0.5, 0.6) is 5.75 Å². The molecule has 1 aromatic carbocycles. The number of carbonyl (C=O) groups is 1. The maximum atomic E-state index is 13.8. The largest absolute Gasteiger partial charge is 0.503 e. The molecule has 1 fully saturated rings. The number of rotatable bonds is 8. The van der Waals surface area contributed by atoms with E-state index in [-0.39, 0.29) is 32.2 Å². The van der Waals surface area contributed by atoms with Gasteiger partial charge in [0.2, 0.25) is 0 Å². The molecule has 0 spiro atoms. The van der Waals surface area contributed by atoms with E-state index < -0.39 is 51.6 Å². The third-order valence-electron chi connectivity index (χ3n) is 7.03. The molecule has 2 N–H and O–H groups in total. The van der Waals surface area contributed by atoms with Crippen LogP contribution in [-0.2, 0) is 18.1 Å². The molecular formula is C24H26F6IN3O3. The van der Waals surface area contributed by atoms with E-state index in [1.54, 1.807) is 6.92 Å². The zero-order valence-electron chi connectivity index (χ0n) is 19.8. The first-order valence-corrected chi connectivity index (χ1v) is 13.1. The average molecular weight is 645 g/mol. The Morgan fingerprint density at radius 1 is 1.16 bits per heavy atom. The molecule has 1 heterocycles. The number of hydrogen-bond donors (Lipinski definition) is 2. The topological polar surface area (TPSA) is 84.2 Å². The average Bonchev–Trinajstić information content (AvgIpc) is 3.30. The molecule has 1 aromatic heterocycles. The second-order valence-electron chi connectivity index (χ2n) is 9.28. The molecule has 2 aromatic rings. The molecule has 1 atom stereocenters. The van der Waals surface area contributed by atoms with Gasteiger partial charge < -0.3 is 10.4 Å². The van der Waals surface area contributed by atoms with Gasteiger partial charge >= 0.3 is 12.4 Å². The minimum Gasteiger partial charge on any atom is -0.503 e. The Morgan fingerprint density at radius 3 is 2.32 bits per heavy atom. The lowest BCUT2D eigenvalue weighted by Crippen LogP contribution is -2.57. The Morgan fingerprint density at radius 2 is 1.78 bits per heavy atom. The number of carbonyl (C=O) groups excluding carboxylic acids is 1. The summed E-state index contributed by atoms with van der Waals surface area (Å²) in [6.07, 6.45) is -7.89. The first kappa shape index (κ1) is 29.2. The van der Waals surface area contributed by atoms with Crippen molar-refractivity contribution in [2.24, 2.45) is 0 Å². The van der Waals surface area contributed by atoms with Crippen molar-refractivity contribution >= 4 is 28.5 Å². The summed E-state index contributed by atoms with van der Waals surface area (Å²) in [5.41, 5.74) is -6.10. The molecule has 0 aliphatic heterocycles. The van der Waals surface area contributed by atoms with Gasteiger partial charge in [0.05, 0.1) is 18.3 Å². The molecule has 37 heavy (non-hydrogen) atoms. The van der Waals surface area contributed by atoms with Crippen molar-refractivity contribution in [1.82, 2.24) is 15.1 Å². The van der Waals surface area contributed by atoms with E-state index in [0.29, 0.717) is 22.8 Å². The number of nitrogens with zero attached hydrogens (tertiary/aromatic N) is 2. The van der Waals surface area contributed by atoms with E-state index in [2.05, 4.69) is 27.7 Å². The summed E-state index contributed by atoms with van der Waals surface area (Å²) in [6, 6.07) is 4.79. The Bertz CT molecular complexity index is 1190. The Labute approximate surface area is 222 Å². The van der Waals surface area contributed by atoms with Gasteiger partial charge in [0.25, 0.3) is 11.3 Å². The summed E-state index contributed by atoms with van der Waals surface area (Å²) in [5, 5.41) is 16.1. The van der Waals surface area contributed by atoms with Crippen molar-refractivity contribution in [2.45, 2.75) is 75.3 Å². The van der Waals surface area contributed by atoms with Crippen LogP contribution in [0.25, 0.3) is 0 Å². The van der Waals surface area contributed by atoms with Crippen molar-refractivity contribution < 1.29 is 36.2 Å². The molecule has 13 heteroatoms. The van der Waals surface area contributed by atoms with Crippen molar-refractivity contribution in [3.63, 3.8) is 0 Å². The SMILES string of the molecule is CCC(CCI)(Cn1cc(O)c(=O)c(C(=O)NC2(C(F)(F)F)CCCC2)n1)c1cccc(C(F)(F)F)c1. The van der Waals surface area contributed by atoms with Crippen LogP contribution in [0.15, 0.2) is 35.3 Å². The summed E-state index contributed by atoms with van der Waals surface area (Å²) >= 11 is 2.07.